The predicted octanol–water partition coefficient (Wildman–Crippen LogP) is 2.88. The quantitative estimate of drug-likeness (QED) is 0.551. The van der Waals surface area contributed by atoms with Crippen LogP contribution in [0.2, 0.25) is 0 Å². The van der Waals surface area contributed by atoms with E-state index in [0.29, 0.717) is 4.51 Å². The van der Waals surface area contributed by atoms with E-state index in [-0.39, 0.29) is 5.43 Å². The molecule has 1 aromatic rings. The predicted molar refractivity (Wildman–Crippen MR) is 80.8 cm³/mol. The minimum absolute atomic E-state index is 0.0173. The van der Waals surface area contributed by atoms with Crippen molar-refractivity contribution in [3.05, 3.63) is 20.3 Å². The molecule has 3 nitrogen and oxygen atoms in total. The number of unbranched alkanes of at least 4 members (excludes halogenated alkanes) is 1. The molecule has 0 heterocycles. The van der Waals surface area contributed by atoms with Gasteiger partial charge in [0.1, 0.15) is 0 Å². The number of nitrogens with one attached hydrogen (secondary N) is 1. The van der Waals surface area contributed by atoms with Gasteiger partial charge in [-0.2, -0.15) is 0 Å². The second-order valence-corrected chi connectivity index (χ2v) is 5.13. The molecule has 0 saturated carbocycles. The summed E-state index contributed by atoms with van der Waals surface area (Å²) in [6, 6.07) is 0. The van der Waals surface area contributed by atoms with E-state index in [2.05, 4.69) is 24.1 Å². The maximum Gasteiger partial charge on any atom is 0.220 e. The average Bonchev–Trinajstić information content (AvgIpc) is 2.40. The first-order valence-corrected chi connectivity index (χ1v) is 7.28. The Morgan fingerprint density at radius 2 is 1.94 bits per heavy atom. The number of rotatable bonds is 9. The van der Waals surface area contributed by atoms with Crippen LogP contribution in [0, 0.1) is 11.4 Å². The summed E-state index contributed by atoms with van der Waals surface area (Å²) in [5, 5.41) is 3.20. The fourth-order valence-corrected chi connectivity index (χ4v) is 2.34. The van der Waals surface area contributed by atoms with Crippen molar-refractivity contribution in [2.45, 2.75) is 40.0 Å². The fourth-order valence-electron chi connectivity index (χ4n) is 2.14. The summed E-state index contributed by atoms with van der Waals surface area (Å²) in [6.45, 7) is 10.6. The molecule has 0 aliphatic carbocycles. The van der Waals surface area contributed by atoms with Crippen LogP contribution in [-0.2, 0) is 0 Å². The monoisotopic (exact) mass is 268 g/mol. The molecule has 0 amide bonds. The van der Waals surface area contributed by atoms with Crippen molar-refractivity contribution >= 4 is 17.9 Å². The first-order valence-electron chi connectivity index (χ1n) is 6.87. The summed E-state index contributed by atoms with van der Waals surface area (Å²) in [5.41, 5.74) is 1.71. The van der Waals surface area contributed by atoms with Gasteiger partial charge in [0, 0.05) is 6.54 Å². The van der Waals surface area contributed by atoms with Crippen molar-refractivity contribution < 1.29 is 0 Å². The lowest BCUT2D eigenvalue weighted by atomic mass is 10.1. The molecule has 4 heteroatoms. The summed E-state index contributed by atoms with van der Waals surface area (Å²) in [5.74, 6) is 0. The molecule has 0 radical (unpaired) electrons. The van der Waals surface area contributed by atoms with Gasteiger partial charge in [0.15, 0.2) is 0 Å². The van der Waals surface area contributed by atoms with Gasteiger partial charge in [0.25, 0.3) is 0 Å². The van der Waals surface area contributed by atoms with Gasteiger partial charge in [0.05, 0.1) is 10.2 Å². The van der Waals surface area contributed by atoms with Crippen LogP contribution in [0.1, 0.15) is 38.7 Å². The largest absolute Gasteiger partial charge is 0.382 e. The van der Waals surface area contributed by atoms with Crippen LogP contribution in [0.5, 0.6) is 0 Å². The minimum Gasteiger partial charge on any atom is -0.382 e. The zero-order valence-corrected chi connectivity index (χ0v) is 12.5. The van der Waals surface area contributed by atoms with E-state index < -0.39 is 0 Å². The zero-order chi connectivity index (χ0) is 13.5. The molecule has 0 atom stereocenters. The molecule has 18 heavy (non-hydrogen) atoms. The van der Waals surface area contributed by atoms with Gasteiger partial charge in [-0.15, -0.1) is 0 Å². The molecule has 0 spiro atoms. The molecule has 0 fully saturated rings. The highest BCUT2D eigenvalue weighted by Gasteiger charge is 2.12. The van der Waals surface area contributed by atoms with Gasteiger partial charge in [-0.3, -0.25) is 4.79 Å². The van der Waals surface area contributed by atoms with E-state index in [4.69, 9.17) is 12.2 Å². The highest BCUT2D eigenvalue weighted by atomic mass is 32.1. The SMILES string of the molecule is CCCN(CC)CCCCNc1c(C)c(=S)c1=O. The highest BCUT2D eigenvalue weighted by Crippen LogP contribution is 2.13. The Bertz CT molecular complexity index is 435. The fraction of sp³-hybridized carbons (Fsp3) is 0.714. The van der Waals surface area contributed by atoms with Gasteiger partial charge in [-0.1, -0.05) is 26.1 Å². The maximum absolute atomic E-state index is 11.4. The number of anilines is 1. The molecule has 0 aliphatic rings. The lowest BCUT2D eigenvalue weighted by Gasteiger charge is -2.19. The Kier molecular flexibility index (Phi) is 6.50. The first kappa shape index (κ1) is 15.3. The van der Waals surface area contributed by atoms with E-state index in [0.717, 1.165) is 37.3 Å². The minimum atomic E-state index is 0.0173. The van der Waals surface area contributed by atoms with Crippen molar-refractivity contribution in [3.8, 4) is 0 Å². The number of hydrogen-bond donors (Lipinski definition) is 1. The molecule has 0 saturated heterocycles. The van der Waals surface area contributed by atoms with Gasteiger partial charge in [0.2, 0.25) is 5.43 Å². The lowest BCUT2D eigenvalue weighted by Crippen LogP contribution is -2.26. The second-order valence-electron chi connectivity index (χ2n) is 4.73. The van der Waals surface area contributed by atoms with Crippen LogP contribution in [-0.4, -0.2) is 31.1 Å². The Hall–Kier alpha value is -0.740. The van der Waals surface area contributed by atoms with Crippen molar-refractivity contribution in [3.63, 3.8) is 0 Å². The van der Waals surface area contributed by atoms with E-state index in [1.165, 1.54) is 19.4 Å². The number of hydrogen-bond acceptors (Lipinski definition) is 4. The molecule has 0 unspecified atom stereocenters. The first-order chi connectivity index (χ1) is 8.61. The maximum atomic E-state index is 11.4. The molecule has 0 aliphatic heterocycles. The normalized spacial score (nSPS) is 11.3. The van der Waals surface area contributed by atoms with Crippen molar-refractivity contribution in [2.75, 3.05) is 31.5 Å². The van der Waals surface area contributed by atoms with Crippen molar-refractivity contribution in [1.29, 1.82) is 0 Å². The lowest BCUT2D eigenvalue weighted by molar-refractivity contribution is 0.283. The average molecular weight is 268 g/mol. The van der Waals surface area contributed by atoms with Gasteiger partial charge >= 0.3 is 0 Å². The number of nitrogens with zero attached hydrogens (tertiary/aromatic N) is 1. The van der Waals surface area contributed by atoms with Gasteiger partial charge < -0.3 is 10.2 Å². The van der Waals surface area contributed by atoms with Gasteiger partial charge in [-0.25, -0.2) is 0 Å². The topological polar surface area (TPSA) is 32.3 Å². The van der Waals surface area contributed by atoms with Gasteiger partial charge in [-0.05, 0) is 51.4 Å². The van der Waals surface area contributed by atoms with Crippen LogP contribution in [0.25, 0.3) is 0 Å². The standard InChI is InChI=1S/C14H24N2OS/c1-4-9-16(5-2)10-7-6-8-15-12-11(3)14(18)13(12)17/h15H,4-10H2,1-3H3. The zero-order valence-electron chi connectivity index (χ0n) is 11.7. The van der Waals surface area contributed by atoms with E-state index in [1.54, 1.807) is 0 Å². The third kappa shape index (κ3) is 3.89. The van der Waals surface area contributed by atoms with Crippen LogP contribution in [0.3, 0.4) is 0 Å². The highest BCUT2D eigenvalue weighted by molar-refractivity contribution is 7.71. The van der Waals surface area contributed by atoms with Crippen LogP contribution in [0.4, 0.5) is 5.69 Å². The summed E-state index contributed by atoms with van der Waals surface area (Å²) < 4.78 is 0.498. The van der Waals surface area contributed by atoms with E-state index >= 15 is 0 Å². The Morgan fingerprint density at radius 3 is 2.50 bits per heavy atom. The molecule has 1 N–H and O–H groups in total. The summed E-state index contributed by atoms with van der Waals surface area (Å²) in [6.07, 6.45) is 3.48. The molecular formula is C14H24N2OS. The van der Waals surface area contributed by atoms with E-state index in [9.17, 15) is 4.79 Å². The van der Waals surface area contributed by atoms with Crippen molar-refractivity contribution in [2.24, 2.45) is 0 Å². The van der Waals surface area contributed by atoms with E-state index in [1.807, 2.05) is 6.92 Å². The molecule has 1 rings (SSSR count). The molecule has 1 aromatic carbocycles. The Morgan fingerprint density at radius 1 is 1.22 bits per heavy atom. The molecule has 0 bridgehead atoms. The van der Waals surface area contributed by atoms with Crippen molar-refractivity contribution in [1.82, 2.24) is 4.90 Å². The third-order valence-electron chi connectivity index (χ3n) is 3.34. The van der Waals surface area contributed by atoms with Crippen LogP contribution in [0.15, 0.2) is 4.79 Å². The molecular weight excluding hydrogens is 244 g/mol. The smallest absolute Gasteiger partial charge is 0.220 e. The summed E-state index contributed by atoms with van der Waals surface area (Å²) in [4.78, 5) is 13.9. The molecule has 0 aromatic heterocycles. The summed E-state index contributed by atoms with van der Waals surface area (Å²) >= 11 is 4.93. The van der Waals surface area contributed by atoms with Crippen LogP contribution < -0.4 is 10.7 Å². The Labute approximate surface area is 115 Å². The third-order valence-corrected chi connectivity index (χ3v) is 3.83. The second kappa shape index (κ2) is 7.64. The Balaban J connectivity index is 2.16. The molecule has 102 valence electrons. The summed E-state index contributed by atoms with van der Waals surface area (Å²) in [7, 11) is 0. The van der Waals surface area contributed by atoms with Crippen LogP contribution >= 0.6 is 12.2 Å².